The van der Waals surface area contributed by atoms with E-state index in [9.17, 15) is 22.8 Å². The molecule has 0 atom stereocenters. The summed E-state index contributed by atoms with van der Waals surface area (Å²) in [6, 6.07) is 7.95. The number of carbonyl (C=O) groups excluding carboxylic acids is 1. The van der Waals surface area contributed by atoms with Crippen molar-refractivity contribution in [1.82, 2.24) is 14.9 Å². The first-order valence-corrected chi connectivity index (χ1v) is 9.16. The summed E-state index contributed by atoms with van der Waals surface area (Å²) < 4.78 is 39.9. The van der Waals surface area contributed by atoms with Gasteiger partial charge in [-0.3, -0.25) is 9.59 Å². The molecule has 0 spiro atoms. The van der Waals surface area contributed by atoms with Crippen LogP contribution in [0.5, 0.6) is 0 Å². The number of nitrogens with zero attached hydrogens (tertiary/aromatic N) is 2. The van der Waals surface area contributed by atoms with E-state index in [0.717, 1.165) is 17.8 Å². The van der Waals surface area contributed by atoms with Crippen molar-refractivity contribution >= 4 is 16.9 Å². The van der Waals surface area contributed by atoms with Crippen LogP contribution in [0, 0.1) is 18.8 Å². The Hall–Kier alpha value is -3.60. The van der Waals surface area contributed by atoms with Gasteiger partial charge in [-0.15, -0.1) is 0 Å². The molecule has 0 aliphatic rings. The van der Waals surface area contributed by atoms with E-state index in [1.165, 1.54) is 18.3 Å². The van der Waals surface area contributed by atoms with Crippen LogP contribution < -0.4 is 10.7 Å². The van der Waals surface area contributed by atoms with Crippen LogP contribution in [0.15, 0.2) is 47.4 Å². The molecule has 0 saturated carbocycles. The highest BCUT2D eigenvalue weighted by Crippen LogP contribution is 2.29. The minimum Gasteiger partial charge on any atom is -0.341 e. The Morgan fingerprint density at radius 2 is 2.00 bits per heavy atom. The van der Waals surface area contributed by atoms with Crippen molar-refractivity contribution < 1.29 is 18.0 Å². The van der Waals surface area contributed by atoms with Gasteiger partial charge in [-0.05, 0) is 44.2 Å². The van der Waals surface area contributed by atoms with Crippen LogP contribution in [0.3, 0.4) is 0 Å². The van der Waals surface area contributed by atoms with Gasteiger partial charge in [-0.1, -0.05) is 17.9 Å². The lowest BCUT2D eigenvalue weighted by molar-refractivity contribution is -0.137. The number of aromatic nitrogens is 2. The van der Waals surface area contributed by atoms with Crippen LogP contribution in [0.2, 0.25) is 0 Å². The molecule has 5 nitrogen and oxygen atoms in total. The molecule has 0 saturated heterocycles. The largest absolute Gasteiger partial charge is 0.416 e. The molecule has 1 aromatic carbocycles. The van der Waals surface area contributed by atoms with Crippen molar-refractivity contribution in [3.05, 3.63) is 75.2 Å². The van der Waals surface area contributed by atoms with E-state index < -0.39 is 23.1 Å². The van der Waals surface area contributed by atoms with Gasteiger partial charge >= 0.3 is 6.18 Å². The second-order valence-corrected chi connectivity index (χ2v) is 6.54. The average Bonchev–Trinajstić information content (AvgIpc) is 2.71. The Labute approximate surface area is 170 Å². The topological polar surface area (TPSA) is 64.0 Å². The van der Waals surface area contributed by atoms with Crippen LogP contribution in [0.25, 0.3) is 11.0 Å². The molecule has 3 aromatic rings. The summed E-state index contributed by atoms with van der Waals surface area (Å²) in [6.45, 7) is 4.08. The molecule has 2 aromatic heterocycles. The van der Waals surface area contributed by atoms with Crippen molar-refractivity contribution in [3.63, 3.8) is 0 Å². The zero-order chi connectivity index (χ0) is 21.9. The average molecular weight is 413 g/mol. The first-order valence-electron chi connectivity index (χ1n) is 9.16. The maximum Gasteiger partial charge on any atom is 0.416 e. The van der Waals surface area contributed by atoms with Gasteiger partial charge in [0, 0.05) is 24.0 Å². The van der Waals surface area contributed by atoms with Gasteiger partial charge in [0.2, 0.25) is 5.43 Å². The number of rotatable bonds is 3. The van der Waals surface area contributed by atoms with Crippen LogP contribution in [0.4, 0.5) is 13.2 Å². The summed E-state index contributed by atoms with van der Waals surface area (Å²) in [5.74, 6) is 4.57. The van der Waals surface area contributed by atoms with Gasteiger partial charge in [-0.2, -0.15) is 13.2 Å². The van der Waals surface area contributed by atoms with Crippen molar-refractivity contribution in [2.24, 2.45) is 0 Å². The smallest absolute Gasteiger partial charge is 0.341 e. The SMILES string of the molecule is CCn1cc(C(=O)NCC#Cc2cccc(C(F)(F)F)c2)c(=O)c2ccc(C)nc21. The number of hydrogen-bond acceptors (Lipinski definition) is 3. The number of pyridine rings is 2. The number of alkyl halides is 3. The van der Waals surface area contributed by atoms with E-state index in [1.807, 2.05) is 13.8 Å². The second-order valence-electron chi connectivity index (χ2n) is 6.54. The van der Waals surface area contributed by atoms with E-state index in [-0.39, 0.29) is 17.7 Å². The highest BCUT2D eigenvalue weighted by Gasteiger charge is 2.30. The number of carbonyl (C=O) groups is 1. The Morgan fingerprint density at radius 3 is 2.70 bits per heavy atom. The molecule has 0 aliphatic carbocycles. The molecule has 154 valence electrons. The molecule has 0 aliphatic heterocycles. The predicted octanol–water partition coefficient (Wildman–Crippen LogP) is 3.53. The molecule has 0 radical (unpaired) electrons. The molecule has 0 bridgehead atoms. The molecule has 0 fully saturated rings. The molecule has 8 heteroatoms. The molecule has 1 N–H and O–H groups in total. The highest BCUT2D eigenvalue weighted by atomic mass is 19.4. The molecule has 30 heavy (non-hydrogen) atoms. The quantitative estimate of drug-likeness (QED) is 0.669. The normalized spacial score (nSPS) is 11.1. The van der Waals surface area contributed by atoms with Crippen molar-refractivity contribution in [3.8, 4) is 11.8 Å². The van der Waals surface area contributed by atoms with Gasteiger partial charge in [0.05, 0.1) is 17.5 Å². The minimum atomic E-state index is -4.45. The predicted molar refractivity (Wildman–Crippen MR) is 107 cm³/mol. The second kappa shape index (κ2) is 8.41. The van der Waals surface area contributed by atoms with E-state index in [0.29, 0.717) is 17.6 Å². The standard InChI is InChI=1S/C22H18F3N3O2/c1-3-28-13-18(19(29)17-10-9-14(2)27-20(17)28)21(30)26-11-5-7-15-6-4-8-16(12-15)22(23,24)25/h4,6,8-10,12-13H,3,11H2,1-2H3,(H,26,30). The third kappa shape index (κ3) is 4.51. The van der Waals surface area contributed by atoms with E-state index in [4.69, 9.17) is 0 Å². The van der Waals surface area contributed by atoms with Gasteiger partial charge in [-0.25, -0.2) is 4.98 Å². The molecule has 0 unspecified atom stereocenters. The van der Waals surface area contributed by atoms with E-state index in [2.05, 4.69) is 22.1 Å². The zero-order valence-electron chi connectivity index (χ0n) is 16.3. The number of halogens is 3. The third-order valence-electron chi connectivity index (χ3n) is 4.41. The fourth-order valence-electron chi connectivity index (χ4n) is 2.90. The van der Waals surface area contributed by atoms with Crippen LogP contribution in [-0.2, 0) is 12.7 Å². The van der Waals surface area contributed by atoms with Gasteiger partial charge < -0.3 is 9.88 Å². The lowest BCUT2D eigenvalue weighted by atomic mass is 10.1. The molecule has 3 rings (SSSR count). The Morgan fingerprint density at radius 1 is 1.23 bits per heavy atom. The van der Waals surface area contributed by atoms with Gasteiger partial charge in [0.25, 0.3) is 5.91 Å². The Balaban J connectivity index is 1.79. The fourth-order valence-corrected chi connectivity index (χ4v) is 2.90. The van der Waals surface area contributed by atoms with Crippen LogP contribution in [0.1, 0.15) is 34.1 Å². The van der Waals surface area contributed by atoms with Crippen LogP contribution >= 0.6 is 0 Å². The maximum absolute atomic E-state index is 12.7. The van der Waals surface area contributed by atoms with Crippen molar-refractivity contribution in [2.45, 2.75) is 26.6 Å². The molecule has 1 amide bonds. The van der Waals surface area contributed by atoms with E-state index >= 15 is 0 Å². The molecule has 2 heterocycles. The summed E-state index contributed by atoms with van der Waals surface area (Å²) in [5, 5.41) is 2.85. The van der Waals surface area contributed by atoms with Gasteiger partial charge in [0.1, 0.15) is 11.2 Å². The lowest BCUT2D eigenvalue weighted by Gasteiger charge is -2.11. The monoisotopic (exact) mass is 413 g/mol. The summed E-state index contributed by atoms with van der Waals surface area (Å²) >= 11 is 0. The number of nitrogens with one attached hydrogen (secondary N) is 1. The summed E-state index contributed by atoms with van der Waals surface area (Å²) in [5.41, 5.74) is 0.161. The summed E-state index contributed by atoms with van der Waals surface area (Å²) in [7, 11) is 0. The number of benzene rings is 1. The maximum atomic E-state index is 12.7. The number of amides is 1. The van der Waals surface area contributed by atoms with E-state index in [1.54, 1.807) is 16.7 Å². The fraction of sp³-hybridized carbons (Fsp3) is 0.227. The summed E-state index contributed by atoms with van der Waals surface area (Å²) in [6.07, 6.45) is -3.00. The number of aryl methyl sites for hydroxylation is 2. The molecular weight excluding hydrogens is 395 g/mol. The Kier molecular flexibility index (Phi) is 5.92. The first-order chi connectivity index (χ1) is 14.2. The number of fused-ring (bicyclic) bond motifs is 1. The summed E-state index contributed by atoms with van der Waals surface area (Å²) in [4.78, 5) is 29.5. The minimum absolute atomic E-state index is 0.0455. The van der Waals surface area contributed by atoms with Gasteiger partial charge in [0.15, 0.2) is 0 Å². The lowest BCUT2D eigenvalue weighted by Crippen LogP contribution is -2.30. The first kappa shape index (κ1) is 21.1. The van der Waals surface area contributed by atoms with Crippen molar-refractivity contribution in [1.29, 1.82) is 0 Å². The highest BCUT2D eigenvalue weighted by molar-refractivity contribution is 5.97. The van der Waals surface area contributed by atoms with Crippen LogP contribution in [-0.4, -0.2) is 22.0 Å². The molecular formula is C22H18F3N3O2. The zero-order valence-corrected chi connectivity index (χ0v) is 16.3. The van der Waals surface area contributed by atoms with Crippen molar-refractivity contribution in [2.75, 3.05) is 6.54 Å². The third-order valence-corrected chi connectivity index (χ3v) is 4.41. The number of hydrogen-bond donors (Lipinski definition) is 1. The Bertz CT molecular complexity index is 1230.